The molecule has 0 bridgehead atoms. The van der Waals surface area contributed by atoms with Gasteiger partial charge in [0.2, 0.25) is 0 Å². The molecule has 0 spiro atoms. The maximum atomic E-state index is 9.98. The molecule has 1 atom stereocenters. The number of nitriles is 2. The van der Waals surface area contributed by atoms with E-state index >= 15 is 0 Å². The van der Waals surface area contributed by atoms with Crippen LogP contribution >= 0.6 is 11.6 Å². The minimum atomic E-state index is 0.248. The number of piperazine rings is 1. The highest BCUT2D eigenvalue weighted by atomic mass is 35.5. The quantitative estimate of drug-likeness (QED) is 0.560. The number of methoxy groups -OCH3 is 1. The van der Waals surface area contributed by atoms with Gasteiger partial charge in [0.05, 0.1) is 17.9 Å². The van der Waals surface area contributed by atoms with Crippen molar-refractivity contribution in [3.05, 3.63) is 52.6 Å². The molecule has 8 heteroatoms. The number of hydrogen-bond donors (Lipinski definition) is 0. The summed E-state index contributed by atoms with van der Waals surface area (Å²) in [6.07, 6.45) is 2.94. The third-order valence-corrected chi connectivity index (χ3v) is 6.46. The molecule has 2 aromatic heterocycles. The third-order valence-electron chi connectivity index (χ3n) is 6.26. The predicted octanol–water partition coefficient (Wildman–Crippen LogP) is 4.48. The first-order chi connectivity index (χ1) is 15.9. The Balaban J connectivity index is 1.67. The van der Waals surface area contributed by atoms with E-state index in [0.29, 0.717) is 18.1 Å². The van der Waals surface area contributed by atoms with E-state index in [1.54, 1.807) is 19.2 Å². The van der Waals surface area contributed by atoms with Gasteiger partial charge in [-0.2, -0.15) is 10.5 Å². The van der Waals surface area contributed by atoms with Crippen LogP contribution in [0.3, 0.4) is 0 Å². The Morgan fingerprint density at radius 1 is 1.21 bits per heavy atom. The Bertz CT molecular complexity index is 1150. The van der Waals surface area contributed by atoms with Gasteiger partial charge in [0.25, 0.3) is 0 Å². The predicted molar refractivity (Wildman–Crippen MR) is 128 cm³/mol. The molecular weight excluding hydrogens is 436 g/mol. The molecular formula is C25H27ClN6O. The topological polar surface area (TPSA) is 89.1 Å². The van der Waals surface area contributed by atoms with Crippen LogP contribution in [0.5, 0.6) is 0 Å². The second-order valence-corrected chi connectivity index (χ2v) is 9.04. The van der Waals surface area contributed by atoms with E-state index in [9.17, 15) is 10.5 Å². The van der Waals surface area contributed by atoms with E-state index in [-0.39, 0.29) is 16.9 Å². The fourth-order valence-electron chi connectivity index (χ4n) is 4.43. The van der Waals surface area contributed by atoms with Crippen molar-refractivity contribution < 1.29 is 4.74 Å². The zero-order chi connectivity index (χ0) is 23.5. The number of nitrogens with zero attached hydrogens (tertiary/aromatic N) is 6. The van der Waals surface area contributed by atoms with Crippen molar-refractivity contribution in [2.24, 2.45) is 0 Å². The first-order valence-electron chi connectivity index (χ1n) is 11.2. The highest BCUT2D eigenvalue weighted by Crippen LogP contribution is 2.45. The molecule has 0 amide bonds. The molecule has 0 N–H and O–H groups in total. The number of ether oxygens (including phenoxy) is 1. The van der Waals surface area contributed by atoms with Crippen LogP contribution in [-0.4, -0.2) is 54.3 Å². The fourth-order valence-corrected chi connectivity index (χ4v) is 4.64. The zero-order valence-corrected chi connectivity index (χ0v) is 19.8. The SMILES string of the molecule is C=C(CCOC)N1CCN(c2nc(C3CC3)c(-c3cc(Cl)nc(C#N)c3)cc2C#N)CC1C. The lowest BCUT2D eigenvalue weighted by molar-refractivity contribution is 0.177. The average Bonchev–Trinajstić information content (AvgIpc) is 3.66. The summed E-state index contributed by atoms with van der Waals surface area (Å²) in [7, 11) is 1.70. The van der Waals surface area contributed by atoms with Crippen molar-refractivity contribution in [2.45, 2.75) is 38.1 Å². The maximum absolute atomic E-state index is 9.98. The van der Waals surface area contributed by atoms with E-state index in [0.717, 1.165) is 67.2 Å². The summed E-state index contributed by atoms with van der Waals surface area (Å²) in [4.78, 5) is 13.6. The van der Waals surface area contributed by atoms with Crippen molar-refractivity contribution >= 4 is 17.4 Å². The van der Waals surface area contributed by atoms with Gasteiger partial charge in [-0.1, -0.05) is 18.2 Å². The molecule has 2 aliphatic rings. The van der Waals surface area contributed by atoms with Gasteiger partial charge in [-0.25, -0.2) is 9.97 Å². The first kappa shape index (κ1) is 23.0. The Hall–Kier alpha value is -3.13. The van der Waals surface area contributed by atoms with Crippen molar-refractivity contribution in [1.29, 1.82) is 10.5 Å². The molecule has 170 valence electrons. The fraction of sp³-hybridized carbons (Fsp3) is 0.440. The van der Waals surface area contributed by atoms with Crippen molar-refractivity contribution in [3.63, 3.8) is 0 Å². The van der Waals surface area contributed by atoms with Gasteiger partial charge in [-0.05, 0) is 43.5 Å². The highest BCUT2D eigenvalue weighted by Gasteiger charge is 2.32. The maximum Gasteiger partial charge on any atom is 0.147 e. The van der Waals surface area contributed by atoms with Gasteiger partial charge in [0.1, 0.15) is 28.8 Å². The number of aromatic nitrogens is 2. The highest BCUT2D eigenvalue weighted by molar-refractivity contribution is 6.29. The van der Waals surface area contributed by atoms with Gasteiger partial charge >= 0.3 is 0 Å². The lowest BCUT2D eigenvalue weighted by Crippen LogP contribution is -2.51. The van der Waals surface area contributed by atoms with Gasteiger partial charge < -0.3 is 14.5 Å². The van der Waals surface area contributed by atoms with Crippen LogP contribution in [0.15, 0.2) is 30.5 Å². The average molecular weight is 463 g/mol. The summed E-state index contributed by atoms with van der Waals surface area (Å²) in [6.45, 7) is 9.41. The normalized spacial score (nSPS) is 18.0. The minimum absolute atomic E-state index is 0.248. The van der Waals surface area contributed by atoms with Gasteiger partial charge in [-0.3, -0.25) is 0 Å². The summed E-state index contributed by atoms with van der Waals surface area (Å²) < 4.78 is 5.20. The van der Waals surface area contributed by atoms with E-state index in [4.69, 9.17) is 21.3 Å². The van der Waals surface area contributed by atoms with Crippen LogP contribution < -0.4 is 4.90 Å². The molecule has 2 aromatic rings. The Morgan fingerprint density at radius 2 is 2.00 bits per heavy atom. The lowest BCUT2D eigenvalue weighted by atomic mass is 9.99. The molecule has 1 saturated heterocycles. The summed E-state index contributed by atoms with van der Waals surface area (Å²) in [5.74, 6) is 1.09. The summed E-state index contributed by atoms with van der Waals surface area (Å²) >= 11 is 6.16. The van der Waals surface area contributed by atoms with E-state index < -0.39 is 0 Å². The largest absolute Gasteiger partial charge is 0.384 e. The van der Waals surface area contributed by atoms with E-state index in [1.807, 2.05) is 6.07 Å². The number of anilines is 1. The van der Waals surface area contributed by atoms with E-state index in [2.05, 4.69) is 40.4 Å². The first-order valence-corrected chi connectivity index (χ1v) is 11.5. The van der Waals surface area contributed by atoms with Crippen molar-refractivity contribution in [3.8, 4) is 23.3 Å². The molecule has 1 unspecified atom stereocenters. The molecule has 7 nitrogen and oxygen atoms in total. The lowest BCUT2D eigenvalue weighted by Gasteiger charge is -2.43. The van der Waals surface area contributed by atoms with Crippen LogP contribution in [-0.2, 0) is 4.74 Å². The number of hydrogen-bond acceptors (Lipinski definition) is 7. The molecule has 1 saturated carbocycles. The second kappa shape index (κ2) is 9.79. The van der Waals surface area contributed by atoms with Crippen LogP contribution in [0.1, 0.15) is 49.1 Å². The van der Waals surface area contributed by atoms with Crippen LogP contribution in [0, 0.1) is 22.7 Å². The van der Waals surface area contributed by atoms with Crippen molar-refractivity contribution in [1.82, 2.24) is 14.9 Å². The number of halogens is 1. The Morgan fingerprint density at radius 3 is 2.64 bits per heavy atom. The molecule has 1 aliphatic carbocycles. The minimum Gasteiger partial charge on any atom is -0.384 e. The second-order valence-electron chi connectivity index (χ2n) is 8.65. The molecule has 33 heavy (non-hydrogen) atoms. The monoisotopic (exact) mass is 462 g/mol. The number of rotatable bonds is 7. The molecule has 1 aliphatic heterocycles. The smallest absolute Gasteiger partial charge is 0.147 e. The van der Waals surface area contributed by atoms with Crippen LogP contribution in [0.4, 0.5) is 5.82 Å². The molecule has 3 heterocycles. The van der Waals surface area contributed by atoms with Gasteiger partial charge in [0.15, 0.2) is 0 Å². The Kier molecular flexibility index (Phi) is 6.83. The molecule has 0 aromatic carbocycles. The summed E-state index contributed by atoms with van der Waals surface area (Å²) in [5.41, 5.74) is 4.46. The Labute approximate surface area is 199 Å². The summed E-state index contributed by atoms with van der Waals surface area (Å²) in [5, 5.41) is 19.5. The standard InChI is InChI=1S/C25H27ClN6O/c1-16(6-9-33-3)32-8-7-31(15-17(32)2)25-20(13-27)11-22(24(30-25)18-4-5-18)19-10-21(14-28)29-23(26)12-19/h10-12,17-18H,1,4-9,15H2,2-3H3. The van der Waals surface area contributed by atoms with Gasteiger partial charge in [-0.15, -0.1) is 0 Å². The molecule has 4 rings (SSSR count). The molecule has 2 fully saturated rings. The number of pyridine rings is 2. The van der Waals surface area contributed by atoms with Crippen molar-refractivity contribution in [2.75, 3.05) is 38.3 Å². The van der Waals surface area contributed by atoms with E-state index in [1.165, 1.54) is 0 Å². The summed E-state index contributed by atoms with van der Waals surface area (Å²) in [6, 6.07) is 9.99. The third kappa shape index (κ3) is 4.95. The molecule has 0 radical (unpaired) electrons. The van der Waals surface area contributed by atoms with Crippen LogP contribution in [0.25, 0.3) is 11.1 Å². The van der Waals surface area contributed by atoms with Crippen LogP contribution in [0.2, 0.25) is 5.15 Å². The van der Waals surface area contributed by atoms with Gasteiger partial charge in [0, 0.05) is 56.4 Å². The zero-order valence-electron chi connectivity index (χ0n) is 19.0.